The van der Waals surface area contributed by atoms with E-state index in [0.29, 0.717) is 13.0 Å². The second-order valence-electron chi connectivity index (χ2n) is 7.88. The lowest BCUT2D eigenvalue weighted by molar-refractivity contribution is -0.141. The standard InChI is InChI=1S/C24H33N3O4S/c1-4-5-16-25-24(29)22(17-20-12-8-6-9-13-20)27(18-21-14-10-7-11-15-21)23(28)19-26(2)32(3,30)31/h6-15,22H,4-5,16-19H2,1-3H3,(H,25,29)/t22-/m1/s1. The van der Waals surface area contributed by atoms with Crippen molar-refractivity contribution in [3.63, 3.8) is 0 Å². The summed E-state index contributed by atoms with van der Waals surface area (Å²) in [6.45, 7) is 2.44. The van der Waals surface area contributed by atoms with E-state index in [4.69, 9.17) is 0 Å². The van der Waals surface area contributed by atoms with Crippen LogP contribution >= 0.6 is 0 Å². The number of carbonyl (C=O) groups is 2. The summed E-state index contributed by atoms with van der Waals surface area (Å²) >= 11 is 0. The van der Waals surface area contributed by atoms with Crippen molar-refractivity contribution in [3.05, 3.63) is 71.8 Å². The van der Waals surface area contributed by atoms with Crippen molar-refractivity contribution in [2.45, 2.75) is 38.8 Å². The number of carbonyl (C=O) groups excluding carboxylic acids is 2. The molecule has 0 saturated carbocycles. The molecule has 0 aromatic heterocycles. The second kappa shape index (κ2) is 12.4. The third kappa shape index (κ3) is 8.09. The molecule has 0 aliphatic rings. The number of benzene rings is 2. The average Bonchev–Trinajstić information content (AvgIpc) is 2.77. The van der Waals surface area contributed by atoms with Crippen LogP contribution in [0, 0.1) is 0 Å². The van der Waals surface area contributed by atoms with Crippen LogP contribution in [0.5, 0.6) is 0 Å². The van der Waals surface area contributed by atoms with E-state index in [9.17, 15) is 18.0 Å². The number of hydrogen-bond acceptors (Lipinski definition) is 4. The Morgan fingerprint density at radius 1 is 0.969 bits per heavy atom. The van der Waals surface area contributed by atoms with Gasteiger partial charge in [0.2, 0.25) is 21.8 Å². The first-order chi connectivity index (χ1) is 15.2. The number of hydrogen-bond donors (Lipinski definition) is 1. The maximum Gasteiger partial charge on any atom is 0.243 e. The molecule has 2 aromatic carbocycles. The van der Waals surface area contributed by atoms with Gasteiger partial charge in [-0.2, -0.15) is 4.31 Å². The van der Waals surface area contributed by atoms with Crippen molar-refractivity contribution in [1.82, 2.24) is 14.5 Å². The number of nitrogens with one attached hydrogen (secondary N) is 1. The first kappa shape index (κ1) is 25.5. The van der Waals surface area contributed by atoms with Gasteiger partial charge in [0.15, 0.2) is 0 Å². The molecule has 8 heteroatoms. The molecule has 1 atom stereocenters. The lowest BCUT2D eigenvalue weighted by atomic mass is 10.0. The molecule has 0 bridgehead atoms. The molecule has 2 aromatic rings. The molecule has 0 aliphatic carbocycles. The van der Waals surface area contributed by atoms with Crippen molar-refractivity contribution in [1.29, 1.82) is 0 Å². The van der Waals surface area contributed by atoms with Gasteiger partial charge in [-0.25, -0.2) is 8.42 Å². The van der Waals surface area contributed by atoms with Gasteiger partial charge in [0.1, 0.15) is 6.04 Å². The molecular formula is C24H33N3O4S. The van der Waals surface area contributed by atoms with Crippen LogP contribution in [0.2, 0.25) is 0 Å². The second-order valence-corrected chi connectivity index (χ2v) is 9.97. The molecule has 7 nitrogen and oxygen atoms in total. The fraction of sp³-hybridized carbons (Fsp3) is 0.417. The van der Waals surface area contributed by atoms with E-state index in [1.807, 2.05) is 67.6 Å². The number of unbranched alkanes of at least 4 members (excludes halogenated alkanes) is 1. The van der Waals surface area contributed by atoms with Crippen LogP contribution in [-0.4, -0.2) is 61.9 Å². The van der Waals surface area contributed by atoms with Crippen molar-refractivity contribution >= 4 is 21.8 Å². The van der Waals surface area contributed by atoms with Gasteiger partial charge in [0.25, 0.3) is 0 Å². The van der Waals surface area contributed by atoms with Gasteiger partial charge in [-0.05, 0) is 17.5 Å². The highest BCUT2D eigenvalue weighted by Crippen LogP contribution is 2.15. The summed E-state index contributed by atoms with van der Waals surface area (Å²) < 4.78 is 24.8. The van der Waals surface area contributed by atoms with E-state index in [1.165, 1.54) is 11.9 Å². The summed E-state index contributed by atoms with van der Waals surface area (Å²) in [6, 6.07) is 18.1. The van der Waals surface area contributed by atoms with Crippen LogP contribution in [0.15, 0.2) is 60.7 Å². The molecule has 2 amide bonds. The van der Waals surface area contributed by atoms with E-state index in [1.54, 1.807) is 0 Å². The Morgan fingerprint density at radius 3 is 2.06 bits per heavy atom. The number of amides is 2. The zero-order chi connectivity index (χ0) is 23.6. The molecule has 0 fully saturated rings. The van der Waals surface area contributed by atoms with Crippen molar-refractivity contribution in [2.24, 2.45) is 0 Å². The van der Waals surface area contributed by atoms with Crippen molar-refractivity contribution < 1.29 is 18.0 Å². The Hall–Kier alpha value is -2.71. The summed E-state index contributed by atoms with van der Waals surface area (Å²) in [5.74, 6) is -0.665. The van der Waals surface area contributed by atoms with Gasteiger partial charge in [-0.3, -0.25) is 9.59 Å². The fourth-order valence-electron chi connectivity index (χ4n) is 3.24. The van der Waals surface area contributed by atoms with Crippen LogP contribution in [-0.2, 0) is 32.6 Å². The van der Waals surface area contributed by atoms with Crippen LogP contribution in [0.1, 0.15) is 30.9 Å². The Balaban J connectivity index is 2.38. The molecule has 1 N–H and O–H groups in total. The van der Waals surface area contributed by atoms with Crippen LogP contribution in [0.3, 0.4) is 0 Å². The van der Waals surface area contributed by atoms with Gasteiger partial charge in [-0.1, -0.05) is 74.0 Å². The van der Waals surface area contributed by atoms with E-state index in [0.717, 1.165) is 34.5 Å². The first-order valence-electron chi connectivity index (χ1n) is 10.8. The maximum absolute atomic E-state index is 13.3. The smallest absolute Gasteiger partial charge is 0.243 e. The monoisotopic (exact) mass is 459 g/mol. The van der Waals surface area contributed by atoms with Gasteiger partial charge in [0.05, 0.1) is 12.8 Å². The van der Waals surface area contributed by atoms with Gasteiger partial charge in [0, 0.05) is 26.6 Å². The third-order valence-electron chi connectivity index (χ3n) is 5.22. The largest absolute Gasteiger partial charge is 0.354 e. The highest BCUT2D eigenvalue weighted by molar-refractivity contribution is 7.88. The number of nitrogens with zero attached hydrogens (tertiary/aromatic N) is 2. The summed E-state index contributed by atoms with van der Waals surface area (Å²) in [5.41, 5.74) is 1.78. The molecule has 0 aliphatic heterocycles. The molecule has 0 heterocycles. The van der Waals surface area contributed by atoms with Crippen molar-refractivity contribution in [3.8, 4) is 0 Å². The van der Waals surface area contributed by atoms with E-state index in [-0.39, 0.29) is 19.0 Å². The van der Waals surface area contributed by atoms with Crippen LogP contribution < -0.4 is 5.32 Å². The topological polar surface area (TPSA) is 86.8 Å². The van der Waals surface area contributed by atoms with Crippen molar-refractivity contribution in [2.75, 3.05) is 26.4 Å². The summed E-state index contributed by atoms with van der Waals surface area (Å²) in [6.07, 6.45) is 3.17. The molecule has 0 unspecified atom stereocenters. The predicted octanol–water partition coefficient (Wildman–Crippen LogP) is 2.43. The zero-order valence-corrected chi connectivity index (χ0v) is 19.8. The Morgan fingerprint density at radius 2 is 1.53 bits per heavy atom. The number of likely N-dealkylation sites (N-methyl/N-ethyl adjacent to an activating group) is 1. The summed E-state index contributed by atoms with van der Waals surface area (Å²) in [4.78, 5) is 28.0. The van der Waals surface area contributed by atoms with Gasteiger partial charge in [-0.15, -0.1) is 0 Å². The lowest BCUT2D eigenvalue weighted by Gasteiger charge is -2.32. The Labute approximate surface area is 191 Å². The average molecular weight is 460 g/mol. The zero-order valence-electron chi connectivity index (χ0n) is 19.0. The molecule has 0 saturated heterocycles. The summed E-state index contributed by atoms with van der Waals surface area (Å²) in [5, 5.41) is 2.94. The highest BCUT2D eigenvalue weighted by Gasteiger charge is 2.31. The first-order valence-corrected chi connectivity index (χ1v) is 12.6. The minimum atomic E-state index is -3.54. The highest BCUT2D eigenvalue weighted by atomic mass is 32.2. The molecule has 174 valence electrons. The van der Waals surface area contributed by atoms with E-state index >= 15 is 0 Å². The van der Waals surface area contributed by atoms with Gasteiger partial charge >= 0.3 is 0 Å². The van der Waals surface area contributed by atoms with Crippen LogP contribution in [0.25, 0.3) is 0 Å². The van der Waals surface area contributed by atoms with Crippen LogP contribution in [0.4, 0.5) is 0 Å². The Bertz CT molecular complexity index is 965. The minimum absolute atomic E-state index is 0.204. The predicted molar refractivity (Wildman–Crippen MR) is 126 cm³/mol. The number of sulfonamides is 1. The fourth-order valence-corrected chi connectivity index (χ4v) is 3.58. The molecule has 0 radical (unpaired) electrons. The maximum atomic E-state index is 13.3. The van der Waals surface area contributed by atoms with E-state index in [2.05, 4.69) is 5.32 Å². The summed E-state index contributed by atoms with van der Waals surface area (Å²) in [7, 11) is -2.18. The van der Waals surface area contributed by atoms with Gasteiger partial charge < -0.3 is 10.2 Å². The Kier molecular flexibility index (Phi) is 9.87. The lowest BCUT2D eigenvalue weighted by Crippen LogP contribution is -2.53. The molecule has 0 spiro atoms. The molecular weight excluding hydrogens is 426 g/mol. The molecule has 32 heavy (non-hydrogen) atoms. The third-order valence-corrected chi connectivity index (χ3v) is 6.48. The minimum Gasteiger partial charge on any atom is -0.354 e. The van der Waals surface area contributed by atoms with E-state index < -0.39 is 22.0 Å². The SMILES string of the molecule is CCCCNC(=O)[C@@H](Cc1ccccc1)N(Cc1ccccc1)C(=O)CN(C)S(C)(=O)=O. The number of rotatable bonds is 12. The quantitative estimate of drug-likeness (QED) is 0.494. The molecule has 2 rings (SSSR count). The normalized spacial score (nSPS) is 12.4.